The number of imide groups is 1. The molecule has 2 N–H and O–H groups in total. The van der Waals surface area contributed by atoms with Gasteiger partial charge >= 0.3 is 0 Å². The third kappa shape index (κ3) is 2.48. The van der Waals surface area contributed by atoms with E-state index in [9.17, 15) is 14.7 Å². The van der Waals surface area contributed by atoms with Gasteiger partial charge in [-0.15, -0.1) is 0 Å². The van der Waals surface area contributed by atoms with Crippen LogP contribution < -0.4 is 5.32 Å². The van der Waals surface area contributed by atoms with Crippen LogP contribution >= 0.6 is 15.9 Å². The van der Waals surface area contributed by atoms with Crippen LogP contribution in [0.4, 0.5) is 0 Å². The second-order valence-electron chi connectivity index (χ2n) is 4.60. The van der Waals surface area contributed by atoms with Gasteiger partial charge in [-0.25, -0.2) is 0 Å². The zero-order valence-corrected chi connectivity index (χ0v) is 12.3. The van der Waals surface area contributed by atoms with Crippen molar-refractivity contribution in [2.45, 2.75) is 0 Å². The standard InChI is InChI=1S/C16H10BrNO3/c17-13-8-9(5-6-14(13)19)7-12-10-3-1-2-4-11(10)15(20)18-16(12)21/h1-8,19H,(H,18,20,21). The molecule has 0 unspecified atom stereocenters. The number of carbonyl (C=O) groups is 2. The molecule has 2 amide bonds. The van der Waals surface area contributed by atoms with Crippen molar-refractivity contribution in [3.05, 3.63) is 63.6 Å². The molecule has 0 spiro atoms. The predicted molar refractivity (Wildman–Crippen MR) is 82.6 cm³/mol. The minimum absolute atomic E-state index is 0.126. The first-order valence-corrected chi connectivity index (χ1v) is 7.01. The number of phenolic OH excluding ortho intramolecular Hbond substituents is 1. The zero-order chi connectivity index (χ0) is 15.0. The van der Waals surface area contributed by atoms with Crippen LogP contribution in [0.3, 0.4) is 0 Å². The van der Waals surface area contributed by atoms with Crippen molar-refractivity contribution in [3.63, 3.8) is 0 Å². The van der Waals surface area contributed by atoms with E-state index in [1.807, 2.05) is 0 Å². The van der Waals surface area contributed by atoms with E-state index in [-0.39, 0.29) is 11.7 Å². The summed E-state index contributed by atoms with van der Waals surface area (Å²) in [4.78, 5) is 23.9. The second kappa shape index (κ2) is 5.18. The first kappa shape index (κ1) is 13.6. The Labute approximate surface area is 129 Å². The highest BCUT2D eigenvalue weighted by Gasteiger charge is 2.26. The highest BCUT2D eigenvalue weighted by atomic mass is 79.9. The number of aromatic hydroxyl groups is 1. The molecule has 0 saturated carbocycles. The van der Waals surface area contributed by atoms with Crippen molar-refractivity contribution >= 4 is 39.4 Å². The van der Waals surface area contributed by atoms with Crippen LogP contribution in [-0.4, -0.2) is 16.9 Å². The zero-order valence-electron chi connectivity index (χ0n) is 10.8. The fourth-order valence-corrected chi connectivity index (χ4v) is 2.60. The summed E-state index contributed by atoms with van der Waals surface area (Å²) in [6, 6.07) is 11.9. The third-order valence-corrected chi connectivity index (χ3v) is 3.85. The van der Waals surface area contributed by atoms with E-state index in [0.717, 1.165) is 5.56 Å². The Bertz CT molecular complexity index is 796. The molecule has 0 aliphatic carbocycles. The summed E-state index contributed by atoms with van der Waals surface area (Å²) in [6.07, 6.45) is 1.69. The molecule has 1 aliphatic rings. The van der Waals surface area contributed by atoms with Gasteiger partial charge in [0.05, 0.1) is 4.47 Å². The quantitative estimate of drug-likeness (QED) is 0.617. The molecule has 21 heavy (non-hydrogen) atoms. The van der Waals surface area contributed by atoms with E-state index in [1.165, 1.54) is 6.07 Å². The lowest BCUT2D eigenvalue weighted by atomic mass is 9.93. The maximum Gasteiger partial charge on any atom is 0.258 e. The monoisotopic (exact) mass is 343 g/mol. The summed E-state index contributed by atoms with van der Waals surface area (Å²) in [7, 11) is 0. The summed E-state index contributed by atoms with van der Waals surface area (Å²) in [5, 5.41) is 11.8. The summed E-state index contributed by atoms with van der Waals surface area (Å²) < 4.78 is 0.539. The molecule has 2 aromatic rings. The first-order valence-electron chi connectivity index (χ1n) is 6.21. The molecule has 3 rings (SSSR count). The largest absolute Gasteiger partial charge is 0.507 e. The molecule has 0 saturated heterocycles. The number of hydrogen-bond acceptors (Lipinski definition) is 3. The smallest absolute Gasteiger partial charge is 0.258 e. The Kier molecular flexibility index (Phi) is 3.35. The van der Waals surface area contributed by atoms with Gasteiger partial charge in [-0.1, -0.05) is 24.3 Å². The second-order valence-corrected chi connectivity index (χ2v) is 5.45. The Morgan fingerprint density at radius 1 is 1.00 bits per heavy atom. The first-order chi connectivity index (χ1) is 10.1. The van der Waals surface area contributed by atoms with Gasteiger partial charge in [-0.3, -0.25) is 14.9 Å². The van der Waals surface area contributed by atoms with Crippen LogP contribution in [0.2, 0.25) is 0 Å². The lowest BCUT2D eigenvalue weighted by molar-refractivity contribution is -0.114. The summed E-state index contributed by atoms with van der Waals surface area (Å²) in [5.74, 6) is -0.691. The van der Waals surface area contributed by atoms with E-state index >= 15 is 0 Å². The highest BCUT2D eigenvalue weighted by Crippen LogP contribution is 2.29. The van der Waals surface area contributed by atoms with Crippen LogP contribution in [0, 0.1) is 0 Å². The van der Waals surface area contributed by atoms with E-state index in [0.29, 0.717) is 21.2 Å². The van der Waals surface area contributed by atoms with Gasteiger partial charge in [0, 0.05) is 11.1 Å². The molecule has 0 radical (unpaired) electrons. The minimum Gasteiger partial charge on any atom is -0.507 e. The molecule has 0 bridgehead atoms. The van der Waals surface area contributed by atoms with Gasteiger partial charge < -0.3 is 5.11 Å². The molecule has 2 aromatic carbocycles. The van der Waals surface area contributed by atoms with Crippen molar-refractivity contribution < 1.29 is 14.7 Å². The summed E-state index contributed by atoms with van der Waals surface area (Å²) in [5.41, 5.74) is 2.24. The Hall–Kier alpha value is -2.40. The van der Waals surface area contributed by atoms with Crippen molar-refractivity contribution in [2.75, 3.05) is 0 Å². The number of phenols is 1. The fraction of sp³-hybridized carbons (Fsp3) is 0. The van der Waals surface area contributed by atoms with Crippen LogP contribution in [0.25, 0.3) is 11.6 Å². The Morgan fingerprint density at radius 3 is 2.43 bits per heavy atom. The SMILES string of the molecule is O=C1NC(=O)c2ccccc2C1=Cc1ccc(O)c(Br)c1. The molecule has 5 heteroatoms. The average Bonchev–Trinajstić information content (AvgIpc) is 2.47. The highest BCUT2D eigenvalue weighted by molar-refractivity contribution is 9.10. The molecule has 1 aliphatic heterocycles. The molecule has 4 nitrogen and oxygen atoms in total. The van der Waals surface area contributed by atoms with E-state index in [2.05, 4.69) is 21.2 Å². The lowest BCUT2D eigenvalue weighted by Crippen LogP contribution is -2.36. The van der Waals surface area contributed by atoms with Gasteiger partial charge in [0.2, 0.25) is 0 Å². The van der Waals surface area contributed by atoms with Gasteiger partial charge in [0.25, 0.3) is 11.8 Å². The van der Waals surface area contributed by atoms with Crippen LogP contribution in [0.1, 0.15) is 21.5 Å². The number of fused-ring (bicyclic) bond motifs is 1. The molecule has 0 fully saturated rings. The topological polar surface area (TPSA) is 66.4 Å². The van der Waals surface area contributed by atoms with E-state index in [4.69, 9.17) is 0 Å². The molecule has 0 aromatic heterocycles. The summed E-state index contributed by atoms with van der Waals surface area (Å²) >= 11 is 3.23. The molecule has 0 atom stereocenters. The lowest BCUT2D eigenvalue weighted by Gasteiger charge is -2.18. The number of nitrogens with one attached hydrogen (secondary N) is 1. The Balaban J connectivity index is 2.14. The van der Waals surface area contributed by atoms with E-state index in [1.54, 1.807) is 42.5 Å². The third-order valence-electron chi connectivity index (χ3n) is 3.22. The number of carbonyl (C=O) groups excluding carboxylic acids is 2. The van der Waals surface area contributed by atoms with Gasteiger partial charge in [0.15, 0.2) is 0 Å². The molecule has 104 valence electrons. The molecular weight excluding hydrogens is 334 g/mol. The van der Waals surface area contributed by atoms with Gasteiger partial charge in [-0.05, 0) is 51.3 Å². The van der Waals surface area contributed by atoms with Crippen molar-refractivity contribution in [1.29, 1.82) is 0 Å². The maximum atomic E-state index is 12.1. The van der Waals surface area contributed by atoms with Crippen LogP contribution in [-0.2, 0) is 4.79 Å². The maximum absolute atomic E-state index is 12.1. The van der Waals surface area contributed by atoms with Gasteiger partial charge in [-0.2, -0.15) is 0 Å². The molecule has 1 heterocycles. The van der Waals surface area contributed by atoms with Crippen LogP contribution in [0.5, 0.6) is 5.75 Å². The number of amides is 2. The number of rotatable bonds is 1. The van der Waals surface area contributed by atoms with Crippen molar-refractivity contribution in [1.82, 2.24) is 5.32 Å². The van der Waals surface area contributed by atoms with Crippen molar-refractivity contribution in [2.24, 2.45) is 0 Å². The number of hydrogen-bond donors (Lipinski definition) is 2. The number of benzene rings is 2. The number of halogens is 1. The van der Waals surface area contributed by atoms with Gasteiger partial charge in [0.1, 0.15) is 5.75 Å². The average molecular weight is 344 g/mol. The normalized spacial score (nSPS) is 15.8. The van der Waals surface area contributed by atoms with Crippen molar-refractivity contribution in [3.8, 4) is 5.75 Å². The fourth-order valence-electron chi connectivity index (χ4n) is 2.20. The molecular formula is C16H10BrNO3. The Morgan fingerprint density at radius 2 is 1.71 bits per heavy atom. The van der Waals surface area contributed by atoms with Crippen LogP contribution in [0.15, 0.2) is 46.9 Å². The predicted octanol–water partition coefficient (Wildman–Crippen LogP) is 2.97. The van der Waals surface area contributed by atoms with E-state index < -0.39 is 5.91 Å². The summed E-state index contributed by atoms with van der Waals surface area (Å²) in [6.45, 7) is 0. The minimum atomic E-state index is -0.428.